The van der Waals surface area contributed by atoms with E-state index in [1.165, 1.54) is 0 Å². The minimum Gasteiger partial charge on any atom is -0.741 e. The van der Waals surface area contributed by atoms with E-state index >= 15 is 0 Å². The van der Waals surface area contributed by atoms with Gasteiger partial charge in [-0.05, 0) is 96.9 Å². The molecule has 38 heavy (non-hydrogen) atoms. The summed E-state index contributed by atoms with van der Waals surface area (Å²) in [6.07, 6.45) is 0. The van der Waals surface area contributed by atoms with E-state index < -0.39 is 15.6 Å². The number of hydrogen-bond donors (Lipinski definition) is 0. The Morgan fingerprint density at radius 1 is 0.605 bits per heavy atom. The van der Waals surface area contributed by atoms with Crippen molar-refractivity contribution in [1.29, 1.82) is 21.0 Å². The van der Waals surface area contributed by atoms with Crippen LogP contribution in [0.3, 0.4) is 0 Å². The topological polar surface area (TPSA) is 162 Å². The third-order valence-electron chi connectivity index (χ3n) is 2.03. The van der Waals surface area contributed by atoms with Crippen LogP contribution in [-0.4, -0.2) is 31.7 Å². The van der Waals surface area contributed by atoms with Crippen LogP contribution in [0.5, 0.6) is 0 Å². The number of alkyl halides is 3. The van der Waals surface area contributed by atoms with Crippen LogP contribution in [0.1, 0.15) is 96.9 Å². The molecule has 0 unspecified atom stereocenters. The number of halogens is 3. The van der Waals surface area contributed by atoms with Crippen molar-refractivity contribution in [3.8, 4) is 24.3 Å². The smallest absolute Gasteiger partial charge is 0.741 e. The van der Waals surface area contributed by atoms with E-state index in [1.54, 1.807) is 0 Å². The van der Waals surface area contributed by atoms with Gasteiger partial charge in [-0.25, -0.2) is 8.42 Å². The minimum atomic E-state index is -6.09. The minimum absolute atomic E-state index is 0. The maximum atomic E-state index is 10.7. The molecule has 0 fully saturated rings. The van der Waals surface area contributed by atoms with Crippen LogP contribution in [0.2, 0.25) is 0 Å². The summed E-state index contributed by atoms with van der Waals surface area (Å²) in [4.78, 5) is 0. The molecule has 0 saturated carbocycles. The first kappa shape index (κ1) is 52.6. The number of ether oxygens (including phenoxy) is 1. The van der Waals surface area contributed by atoms with Crippen molar-refractivity contribution in [1.82, 2.24) is 0 Å². The predicted octanol–water partition coefficient (Wildman–Crippen LogP) is 7.32. The standard InChI is InChI=1S/4C5H9N.C4H10O.CHF3O3S.Cu/c4*1-5(2,3)4-6;1-3-5-4-2;2-1(3,4)8(5,6)7;/h4*1-3H3;3-4H2,1-2H3;(H,5,6,7);/q;;;;;;+1/p-1. The van der Waals surface area contributed by atoms with Gasteiger partial charge >= 0.3 is 22.6 Å². The Bertz CT molecular complexity index is 741. The molecule has 0 aromatic rings. The Morgan fingerprint density at radius 3 is 0.711 bits per heavy atom. The molecule has 0 aromatic carbocycles. The molecule has 228 valence electrons. The van der Waals surface area contributed by atoms with E-state index in [-0.39, 0.29) is 38.7 Å². The van der Waals surface area contributed by atoms with Gasteiger partial charge in [-0.1, -0.05) is 0 Å². The molecule has 0 aliphatic heterocycles. The normalized spacial score (nSPS) is 10.6. The first-order valence-corrected chi connectivity index (χ1v) is 12.6. The van der Waals surface area contributed by atoms with E-state index in [0.717, 1.165) is 13.2 Å². The summed E-state index contributed by atoms with van der Waals surface area (Å²) in [6.45, 7) is 28.2. The van der Waals surface area contributed by atoms with Gasteiger partial charge in [0.15, 0.2) is 10.1 Å². The third kappa shape index (κ3) is 83.9. The molecule has 0 saturated heterocycles. The fourth-order valence-corrected chi connectivity index (χ4v) is 0.204. The molecule has 0 N–H and O–H groups in total. The van der Waals surface area contributed by atoms with E-state index in [2.05, 4.69) is 24.3 Å². The summed E-state index contributed by atoms with van der Waals surface area (Å²) in [5.41, 5.74) is -6.26. The van der Waals surface area contributed by atoms with Crippen LogP contribution in [0.4, 0.5) is 13.2 Å². The zero-order chi connectivity index (χ0) is 31.9. The molecule has 8 nitrogen and oxygen atoms in total. The largest absolute Gasteiger partial charge is 1.00 e. The Kier molecular flexibility index (Phi) is 33.5. The van der Waals surface area contributed by atoms with Crippen LogP contribution in [0.25, 0.3) is 0 Å². The van der Waals surface area contributed by atoms with Gasteiger partial charge in [0.05, 0.1) is 24.3 Å². The second-order valence-electron chi connectivity index (χ2n) is 11.1. The zero-order valence-corrected chi connectivity index (χ0v) is 26.9. The molecule has 0 spiro atoms. The van der Waals surface area contributed by atoms with Crippen molar-refractivity contribution in [2.75, 3.05) is 13.2 Å². The molecule has 0 radical (unpaired) electrons. The Balaban J connectivity index is -0.0000000607. The molecule has 13 heteroatoms. The van der Waals surface area contributed by atoms with Gasteiger partial charge in [0, 0.05) is 34.9 Å². The van der Waals surface area contributed by atoms with Crippen LogP contribution < -0.4 is 0 Å². The summed E-state index contributed by atoms with van der Waals surface area (Å²) in [6, 6.07) is 8.42. The number of nitriles is 4. The van der Waals surface area contributed by atoms with Crippen molar-refractivity contribution < 1.29 is 47.9 Å². The van der Waals surface area contributed by atoms with Crippen LogP contribution >= 0.6 is 0 Å². The molecule has 0 amide bonds. The van der Waals surface area contributed by atoms with Crippen molar-refractivity contribution >= 4 is 10.1 Å². The summed E-state index contributed by atoms with van der Waals surface area (Å²) in [7, 11) is -6.09. The van der Waals surface area contributed by atoms with E-state index in [9.17, 15) is 13.2 Å². The van der Waals surface area contributed by atoms with Gasteiger partial charge in [-0.15, -0.1) is 0 Å². The van der Waals surface area contributed by atoms with Crippen molar-refractivity contribution in [2.45, 2.75) is 102 Å². The summed E-state index contributed by atoms with van der Waals surface area (Å²) in [5.74, 6) is 0. The molecule has 0 rings (SSSR count). The van der Waals surface area contributed by atoms with E-state index in [0.29, 0.717) is 0 Å². The van der Waals surface area contributed by atoms with Crippen molar-refractivity contribution in [2.24, 2.45) is 21.7 Å². The predicted molar refractivity (Wildman–Crippen MR) is 138 cm³/mol. The monoisotopic (exact) mass is 618 g/mol. The van der Waals surface area contributed by atoms with Gasteiger partial charge in [-0.2, -0.15) is 34.2 Å². The van der Waals surface area contributed by atoms with Crippen molar-refractivity contribution in [3.05, 3.63) is 0 Å². The second kappa shape index (κ2) is 24.2. The zero-order valence-electron chi connectivity index (χ0n) is 25.2. The quantitative estimate of drug-likeness (QED) is 0.176. The van der Waals surface area contributed by atoms with Crippen molar-refractivity contribution in [3.63, 3.8) is 0 Å². The fraction of sp³-hybridized carbons (Fsp3) is 0.840. The van der Waals surface area contributed by atoms with Crippen LogP contribution in [0.15, 0.2) is 0 Å². The van der Waals surface area contributed by atoms with E-state index in [4.69, 9.17) is 38.8 Å². The Hall–Kier alpha value is -1.86. The maximum Gasteiger partial charge on any atom is 1.00 e. The fourth-order valence-electron chi connectivity index (χ4n) is 0.204. The molecule has 0 aromatic heterocycles. The third-order valence-corrected chi connectivity index (χ3v) is 2.60. The van der Waals surface area contributed by atoms with Gasteiger partial charge in [0.2, 0.25) is 0 Å². The van der Waals surface area contributed by atoms with Gasteiger partial charge in [0.25, 0.3) is 0 Å². The van der Waals surface area contributed by atoms with Crippen LogP contribution in [0, 0.1) is 67.0 Å². The summed E-state index contributed by atoms with van der Waals surface area (Å²) in [5, 5.41) is 32.6. The maximum absolute atomic E-state index is 10.7. The molecule has 0 atom stereocenters. The van der Waals surface area contributed by atoms with E-state index in [1.807, 2.05) is 96.9 Å². The second-order valence-corrected chi connectivity index (χ2v) is 12.5. The van der Waals surface area contributed by atoms with Gasteiger partial charge < -0.3 is 9.29 Å². The molecule has 0 aliphatic carbocycles. The van der Waals surface area contributed by atoms with Gasteiger partial charge in [-0.3, -0.25) is 0 Å². The Morgan fingerprint density at radius 2 is 0.711 bits per heavy atom. The summed E-state index contributed by atoms with van der Waals surface area (Å²) < 4.78 is 63.7. The molecular weight excluding hydrogens is 573 g/mol. The molecule has 0 aliphatic rings. The number of rotatable bonds is 2. The first-order chi connectivity index (χ1) is 15.9. The Labute approximate surface area is 240 Å². The van der Waals surface area contributed by atoms with Crippen LogP contribution in [-0.2, 0) is 31.9 Å². The van der Waals surface area contributed by atoms with Gasteiger partial charge in [0.1, 0.15) is 0 Å². The summed E-state index contributed by atoms with van der Waals surface area (Å²) >= 11 is 0. The number of hydrogen-bond acceptors (Lipinski definition) is 8. The average Bonchev–Trinajstić information content (AvgIpc) is 2.67. The average molecular weight is 619 g/mol. The number of nitrogens with zero attached hydrogens (tertiary/aromatic N) is 4. The SMILES string of the molecule is CC(C)(C)C#N.CC(C)(C)C#N.CC(C)(C)C#N.CC(C)(C)C#N.CCOCC.O=S(=O)([O-])C(F)(F)F.[Cu+]. The first-order valence-electron chi connectivity index (χ1n) is 11.2. The molecular formula is C25H46CuF3N4O4S. The molecule has 0 bridgehead atoms. The molecule has 0 heterocycles.